The molecule has 0 saturated carbocycles. The SMILES string of the molecule is CC(C)(C)S(=O)/N=C1/CCCN(C(c2ccccc2)c2ccccc2)CC1. The molecular formula is C23H30N2OS. The van der Waals surface area contributed by atoms with Gasteiger partial charge in [0.2, 0.25) is 0 Å². The summed E-state index contributed by atoms with van der Waals surface area (Å²) in [5, 5.41) is 0. The van der Waals surface area contributed by atoms with E-state index in [1.165, 1.54) is 11.1 Å². The number of rotatable bonds is 4. The third-order valence-electron chi connectivity index (χ3n) is 4.93. The van der Waals surface area contributed by atoms with Crippen molar-refractivity contribution in [2.45, 2.75) is 50.8 Å². The lowest BCUT2D eigenvalue weighted by molar-refractivity contribution is 0.237. The molecule has 0 amide bonds. The van der Waals surface area contributed by atoms with Crippen LogP contribution in [0.15, 0.2) is 65.1 Å². The third-order valence-corrected chi connectivity index (χ3v) is 6.40. The van der Waals surface area contributed by atoms with Crippen molar-refractivity contribution in [3.8, 4) is 0 Å². The maximum Gasteiger partial charge on any atom is 0.144 e. The number of nitrogens with zero attached hydrogens (tertiary/aromatic N) is 2. The molecule has 0 aliphatic carbocycles. The summed E-state index contributed by atoms with van der Waals surface area (Å²) in [5.41, 5.74) is 3.75. The first kappa shape index (κ1) is 20.0. The summed E-state index contributed by atoms with van der Waals surface area (Å²) >= 11 is 0. The predicted octanol–water partition coefficient (Wildman–Crippen LogP) is 5.17. The summed E-state index contributed by atoms with van der Waals surface area (Å²) in [6.07, 6.45) is 2.88. The molecule has 1 fully saturated rings. The van der Waals surface area contributed by atoms with Gasteiger partial charge in [0.15, 0.2) is 0 Å². The molecule has 0 radical (unpaired) electrons. The molecule has 1 aliphatic heterocycles. The van der Waals surface area contributed by atoms with E-state index in [0.717, 1.165) is 38.1 Å². The van der Waals surface area contributed by atoms with Gasteiger partial charge in [0.25, 0.3) is 0 Å². The van der Waals surface area contributed by atoms with Crippen molar-refractivity contribution in [2.24, 2.45) is 4.40 Å². The summed E-state index contributed by atoms with van der Waals surface area (Å²) in [4.78, 5) is 2.55. The summed E-state index contributed by atoms with van der Waals surface area (Å²) < 4.78 is 16.7. The highest BCUT2D eigenvalue weighted by atomic mass is 32.2. The lowest BCUT2D eigenvalue weighted by atomic mass is 9.97. The van der Waals surface area contributed by atoms with Crippen LogP contribution in [-0.4, -0.2) is 32.7 Å². The van der Waals surface area contributed by atoms with Crippen LogP contribution < -0.4 is 0 Å². The summed E-state index contributed by atoms with van der Waals surface area (Å²) in [6, 6.07) is 21.7. The van der Waals surface area contributed by atoms with E-state index in [1.807, 2.05) is 20.8 Å². The molecule has 0 aromatic heterocycles. The monoisotopic (exact) mass is 382 g/mol. The van der Waals surface area contributed by atoms with E-state index in [9.17, 15) is 4.21 Å². The Hall–Kier alpha value is -1.78. The first-order valence-corrected chi connectivity index (χ1v) is 10.9. The molecule has 1 unspecified atom stereocenters. The Morgan fingerprint density at radius 2 is 1.44 bits per heavy atom. The molecule has 2 aromatic rings. The van der Waals surface area contributed by atoms with Crippen LogP contribution in [0.2, 0.25) is 0 Å². The van der Waals surface area contributed by atoms with E-state index in [2.05, 4.69) is 70.0 Å². The van der Waals surface area contributed by atoms with Crippen LogP contribution in [0.3, 0.4) is 0 Å². The Morgan fingerprint density at radius 1 is 0.889 bits per heavy atom. The van der Waals surface area contributed by atoms with E-state index in [4.69, 9.17) is 0 Å². The second kappa shape index (κ2) is 8.94. The zero-order valence-electron chi connectivity index (χ0n) is 16.6. The van der Waals surface area contributed by atoms with E-state index >= 15 is 0 Å². The smallest absolute Gasteiger partial charge is 0.144 e. The van der Waals surface area contributed by atoms with Gasteiger partial charge in [-0.1, -0.05) is 60.7 Å². The molecule has 4 heteroatoms. The summed E-state index contributed by atoms with van der Waals surface area (Å²) in [5.74, 6) is 0. The average Bonchev–Trinajstić information content (AvgIpc) is 2.89. The summed E-state index contributed by atoms with van der Waals surface area (Å²) in [6.45, 7) is 7.91. The van der Waals surface area contributed by atoms with Gasteiger partial charge in [0, 0.05) is 12.3 Å². The highest BCUT2D eigenvalue weighted by Crippen LogP contribution is 2.30. The number of hydrogen-bond donors (Lipinski definition) is 0. The van der Waals surface area contributed by atoms with Gasteiger partial charge < -0.3 is 0 Å². The molecular weight excluding hydrogens is 352 g/mol. The molecule has 1 heterocycles. The maximum atomic E-state index is 12.4. The van der Waals surface area contributed by atoms with Gasteiger partial charge in [0.1, 0.15) is 11.0 Å². The van der Waals surface area contributed by atoms with Crippen LogP contribution in [0.5, 0.6) is 0 Å². The number of hydrogen-bond acceptors (Lipinski definition) is 2. The Balaban J connectivity index is 1.83. The van der Waals surface area contributed by atoms with Gasteiger partial charge in [-0.2, -0.15) is 4.40 Å². The quantitative estimate of drug-likeness (QED) is 0.731. The van der Waals surface area contributed by atoms with Crippen molar-refractivity contribution < 1.29 is 4.21 Å². The van der Waals surface area contributed by atoms with Gasteiger partial charge in [-0.15, -0.1) is 0 Å². The standard InChI is InChI=1S/C23H30N2OS/c1-23(2,3)27(26)24-21-15-10-17-25(18-16-21)22(19-11-6-4-7-12-19)20-13-8-5-9-14-20/h4-9,11-14,22H,10,15-18H2,1-3H3/b24-21-. The van der Waals surface area contributed by atoms with Gasteiger partial charge in [-0.05, 0) is 57.7 Å². The topological polar surface area (TPSA) is 32.7 Å². The normalized spacial score (nSPS) is 19.2. The van der Waals surface area contributed by atoms with Crippen LogP contribution in [0, 0.1) is 0 Å². The van der Waals surface area contributed by atoms with Crippen molar-refractivity contribution in [2.75, 3.05) is 13.1 Å². The zero-order chi connectivity index (χ0) is 19.3. The molecule has 144 valence electrons. The molecule has 0 N–H and O–H groups in total. The minimum atomic E-state index is -1.17. The lowest BCUT2D eigenvalue weighted by Gasteiger charge is -2.31. The van der Waals surface area contributed by atoms with Gasteiger partial charge >= 0.3 is 0 Å². The second-order valence-electron chi connectivity index (χ2n) is 8.13. The number of benzene rings is 2. The second-order valence-corrected chi connectivity index (χ2v) is 10.0. The molecule has 0 spiro atoms. The predicted molar refractivity (Wildman–Crippen MR) is 115 cm³/mol. The Morgan fingerprint density at radius 3 is 1.96 bits per heavy atom. The fourth-order valence-electron chi connectivity index (χ4n) is 3.48. The first-order valence-electron chi connectivity index (χ1n) is 9.77. The molecule has 27 heavy (non-hydrogen) atoms. The Labute approximate surface area is 166 Å². The minimum absolute atomic E-state index is 0.250. The third kappa shape index (κ3) is 5.36. The molecule has 3 rings (SSSR count). The fourth-order valence-corrected chi connectivity index (χ4v) is 4.18. The molecule has 2 aromatic carbocycles. The van der Waals surface area contributed by atoms with E-state index < -0.39 is 11.0 Å². The van der Waals surface area contributed by atoms with Crippen molar-refractivity contribution in [3.63, 3.8) is 0 Å². The van der Waals surface area contributed by atoms with Gasteiger partial charge in [-0.25, -0.2) is 4.21 Å². The van der Waals surface area contributed by atoms with E-state index in [0.29, 0.717) is 0 Å². The molecule has 1 saturated heterocycles. The van der Waals surface area contributed by atoms with E-state index in [-0.39, 0.29) is 10.8 Å². The van der Waals surface area contributed by atoms with Crippen molar-refractivity contribution >= 4 is 16.7 Å². The Kier molecular flexibility index (Phi) is 6.61. The minimum Gasteiger partial charge on any atom is -0.292 e. The van der Waals surface area contributed by atoms with Gasteiger partial charge in [-0.3, -0.25) is 4.90 Å². The highest BCUT2D eigenvalue weighted by molar-refractivity contribution is 7.85. The molecule has 0 bridgehead atoms. The molecule has 1 aliphatic rings. The van der Waals surface area contributed by atoms with Crippen molar-refractivity contribution in [1.29, 1.82) is 0 Å². The van der Waals surface area contributed by atoms with Gasteiger partial charge in [0.05, 0.1) is 10.8 Å². The van der Waals surface area contributed by atoms with Crippen molar-refractivity contribution in [1.82, 2.24) is 4.90 Å². The lowest BCUT2D eigenvalue weighted by Crippen LogP contribution is -2.30. The number of likely N-dealkylation sites (tertiary alicyclic amines) is 1. The van der Waals surface area contributed by atoms with Crippen LogP contribution >= 0.6 is 0 Å². The largest absolute Gasteiger partial charge is 0.292 e. The molecule has 1 atom stereocenters. The van der Waals surface area contributed by atoms with Crippen LogP contribution in [0.25, 0.3) is 0 Å². The van der Waals surface area contributed by atoms with Crippen molar-refractivity contribution in [3.05, 3.63) is 71.8 Å². The fraction of sp³-hybridized carbons (Fsp3) is 0.435. The molecule has 3 nitrogen and oxygen atoms in total. The average molecular weight is 383 g/mol. The zero-order valence-corrected chi connectivity index (χ0v) is 17.4. The Bertz CT molecular complexity index is 742. The summed E-state index contributed by atoms with van der Waals surface area (Å²) in [7, 11) is -1.17. The van der Waals surface area contributed by atoms with Crippen LogP contribution in [0.1, 0.15) is 57.2 Å². The maximum absolute atomic E-state index is 12.4. The first-order chi connectivity index (χ1) is 12.9. The van der Waals surface area contributed by atoms with Crippen LogP contribution in [-0.2, 0) is 11.0 Å². The van der Waals surface area contributed by atoms with Crippen LogP contribution in [0.4, 0.5) is 0 Å². The van der Waals surface area contributed by atoms with E-state index in [1.54, 1.807) is 0 Å². The highest BCUT2D eigenvalue weighted by Gasteiger charge is 2.25.